The molecule has 0 saturated carbocycles. The van der Waals surface area contributed by atoms with Crippen LogP contribution in [0.4, 0.5) is 0 Å². The van der Waals surface area contributed by atoms with E-state index < -0.39 is 0 Å². The van der Waals surface area contributed by atoms with Crippen molar-refractivity contribution >= 4 is 76.1 Å². The quantitative estimate of drug-likeness (QED) is 0.175. The zero-order valence-corrected chi connectivity index (χ0v) is 32.6. The maximum Gasteiger partial charge on any atom is 0.160 e. The van der Waals surface area contributed by atoms with E-state index >= 15 is 0 Å². The second-order valence-corrected chi connectivity index (χ2v) is 16.5. The predicted octanol–water partition coefficient (Wildman–Crippen LogP) is 14.1. The average Bonchev–Trinajstić information content (AvgIpc) is 3.93. The summed E-state index contributed by atoms with van der Waals surface area (Å²) in [5, 5.41) is 5.00. The summed E-state index contributed by atoms with van der Waals surface area (Å²) in [6.07, 6.45) is 3.41. The fraction of sp³-hybridized carbons (Fsp3) is 0.0566. The molecule has 0 spiro atoms. The van der Waals surface area contributed by atoms with Crippen molar-refractivity contribution in [2.24, 2.45) is 5.92 Å². The van der Waals surface area contributed by atoms with Crippen LogP contribution in [0.5, 0.6) is 0 Å². The van der Waals surface area contributed by atoms with Gasteiger partial charge in [-0.05, 0) is 72.2 Å². The number of hydrogen-bond donors (Lipinski definition) is 0. The van der Waals surface area contributed by atoms with Crippen molar-refractivity contribution in [1.82, 2.24) is 19.1 Å². The molecule has 11 aromatic rings. The number of nitrogens with zero attached hydrogens (tertiary/aromatic N) is 4. The van der Waals surface area contributed by atoms with E-state index in [-0.39, 0.29) is 0 Å². The van der Waals surface area contributed by atoms with Gasteiger partial charge in [0.15, 0.2) is 5.82 Å². The van der Waals surface area contributed by atoms with Gasteiger partial charge < -0.3 is 9.13 Å². The normalized spacial score (nSPS) is 14.2. The van der Waals surface area contributed by atoms with Crippen molar-refractivity contribution in [3.05, 3.63) is 187 Å². The highest BCUT2D eigenvalue weighted by molar-refractivity contribution is 7.26. The molecule has 5 heteroatoms. The van der Waals surface area contributed by atoms with Crippen molar-refractivity contribution in [1.29, 1.82) is 0 Å². The minimum atomic E-state index is 0.300. The molecule has 274 valence electrons. The monoisotopic (exact) mass is 760 g/mol. The first-order valence-corrected chi connectivity index (χ1v) is 20.8. The van der Waals surface area contributed by atoms with Crippen molar-refractivity contribution in [2.45, 2.75) is 13.3 Å². The lowest BCUT2D eigenvalue weighted by Gasteiger charge is -2.25. The summed E-state index contributed by atoms with van der Waals surface area (Å²) in [6.45, 7) is 2.38. The molecule has 4 nitrogen and oxygen atoms in total. The second-order valence-electron chi connectivity index (χ2n) is 15.4. The summed E-state index contributed by atoms with van der Waals surface area (Å²) in [6, 6.07) is 63.3. The van der Waals surface area contributed by atoms with Crippen molar-refractivity contribution < 1.29 is 0 Å². The number of allylic oxidation sites excluding steroid dienone is 1. The molecule has 0 aliphatic heterocycles. The first-order valence-electron chi connectivity index (χ1n) is 20.0. The summed E-state index contributed by atoms with van der Waals surface area (Å²) in [4.78, 5) is 10.4. The summed E-state index contributed by atoms with van der Waals surface area (Å²) < 4.78 is 7.33. The van der Waals surface area contributed by atoms with Crippen LogP contribution in [0.25, 0.3) is 104 Å². The molecule has 7 aromatic carbocycles. The van der Waals surface area contributed by atoms with E-state index in [1.54, 1.807) is 11.3 Å². The van der Waals surface area contributed by atoms with Crippen LogP contribution >= 0.6 is 11.3 Å². The highest BCUT2D eigenvalue weighted by atomic mass is 32.1. The molecule has 0 saturated heterocycles. The third-order valence-electron chi connectivity index (χ3n) is 12.0. The molecule has 0 amide bonds. The Balaban J connectivity index is 1.06. The molecule has 12 rings (SSSR count). The van der Waals surface area contributed by atoms with Crippen LogP contribution < -0.4 is 0 Å². The smallest absolute Gasteiger partial charge is 0.160 e. The highest BCUT2D eigenvalue weighted by Gasteiger charge is 2.28. The first-order chi connectivity index (χ1) is 28.7. The molecular formula is C53H36N4S. The number of thiophene rings is 1. The molecular weight excluding hydrogens is 725 g/mol. The Labute approximate surface area is 339 Å². The third-order valence-corrected chi connectivity index (χ3v) is 13.1. The second kappa shape index (κ2) is 13.0. The third kappa shape index (κ3) is 5.07. The minimum Gasteiger partial charge on any atom is -0.313 e. The first kappa shape index (κ1) is 33.1. The molecule has 0 unspecified atom stereocenters. The van der Waals surface area contributed by atoms with Crippen LogP contribution in [-0.2, 0) is 6.42 Å². The lowest BCUT2D eigenvalue weighted by atomic mass is 9.90. The minimum absolute atomic E-state index is 0.300. The standard InChI is InChI=1S/C53H36N4S/c1-33-29-48-43(32-47(33)57-44-24-11-8-21-39(44)40-22-9-12-25-45(40)57)42-31-36(27-28-46(42)56(48)38-19-6-3-7-20-38)35-17-14-18-37(30-35)50-52-51(41-23-10-13-26-49(41)58-52)55-53(54-50)34-15-4-2-5-16-34/h2-28,30-33H,29H2,1H3/t33-/m1/s1. The summed E-state index contributed by atoms with van der Waals surface area (Å²) >= 11 is 1.77. The summed E-state index contributed by atoms with van der Waals surface area (Å²) in [5.41, 5.74) is 15.3. The maximum absolute atomic E-state index is 5.28. The number of para-hydroxylation sites is 3. The predicted molar refractivity (Wildman–Crippen MR) is 245 cm³/mol. The summed E-state index contributed by atoms with van der Waals surface area (Å²) in [7, 11) is 0. The Bertz CT molecular complexity index is 3390. The lowest BCUT2D eigenvalue weighted by Crippen LogP contribution is -2.16. The fourth-order valence-corrected chi connectivity index (χ4v) is 10.5. The van der Waals surface area contributed by atoms with E-state index in [2.05, 4.69) is 192 Å². The van der Waals surface area contributed by atoms with Crippen LogP contribution in [-0.4, -0.2) is 19.1 Å². The van der Waals surface area contributed by atoms with Gasteiger partial charge in [0.05, 0.1) is 32.5 Å². The molecule has 0 bridgehead atoms. The lowest BCUT2D eigenvalue weighted by molar-refractivity contribution is 0.684. The molecule has 4 heterocycles. The van der Waals surface area contributed by atoms with E-state index in [4.69, 9.17) is 9.97 Å². The Morgan fingerprint density at radius 2 is 1.14 bits per heavy atom. The van der Waals surface area contributed by atoms with E-state index in [9.17, 15) is 0 Å². The van der Waals surface area contributed by atoms with Crippen LogP contribution in [0, 0.1) is 5.92 Å². The van der Waals surface area contributed by atoms with Crippen molar-refractivity contribution in [3.63, 3.8) is 0 Å². The molecule has 0 radical (unpaired) electrons. The van der Waals surface area contributed by atoms with Gasteiger partial charge in [-0.25, -0.2) is 9.97 Å². The van der Waals surface area contributed by atoms with Gasteiger partial charge in [-0.15, -0.1) is 11.3 Å². The average molecular weight is 761 g/mol. The van der Waals surface area contributed by atoms with E-state index in [0.29, 0.717) is 5.92 Å². The SMILES string of the molecule is C[C@@H]1Cc2c(c3cc(-c4cccc(-c5nc(-c6ccccc6)nc6c5sc5ccccc56)c4)ccc3n2-c2ccccc2)C=C1n1c2ccccc2c2ccccc21. The Morgan fingerprint density at radius 1 is 0.517 bits per heavy atom. The Hall–Kier alpha value is -7.08. The largest absolute Gasteiger partial charge is 0.313 e. The van der Waals surface area contributed by atoms with Crippen molar-refractivity contribution in [2.75, 3.05) is 0 Å². The number of rotatable bonds is 5. The van der Waals surface area contributed by atoms with Crippen LogP contribution in [0.3, 0.4) is 0 Å². The van der Waals surface area contributed by atoms with E-state index in [1.165, 1.54) is 71.0 Å². The molecule has 4 aromatic heterocycles. The Kier molecular flexibility index (Phi) is 7.41. The molecule has 1 atom stereocenters. The van der Waals surface area contributed by atoms with Gasteiger partial charge in [-0.1, -0.05) is 134 Å². The molecule has 58 heavy (non-hydrogen) atoms. The number of aromatic nitrogens is 4. The maximum atomic E-state index is 5.28. The number of fused-ring (bicyclic) bond motifs is 9. The highest BCUT2D eigenvalue weighted by Crippen LogP contribution is 2.44. The molecule has 1 aliphatic carbocycles. The van der Waals surface area contributed by atoms with Gasteiger partial charge in [0.25, 0.3) is 0 Å². The number of hydrogen-bond acceptors (Lipinski definition) is 3. The van der Waals surface area contributed by atoms with Gasteiger partial charge in [-0.3, -0.25) is 0 Å². The van der Waals surface area contributed by atoms with Gasteiger partial charge in [0.2, 0.25) is 0 Å². The van der Waals surface area contributed by atoms with Gasteiger partial charge >= 0.3 is 0 Å². The topological polar surface area (TPSA) is 35.6 Å². The zero-order valence-electron chi connectivity index (χ0n) is 31.8. The van der Waals surface area contributed by atoms with Gasteiger partial charge in [-0.2, -0.15) is 0 Å². The molecule has 0 fully saturated rings. The van der Waals surface area contributed by atoms with Crippen LogP contribution in [0.2, 0.25) is 0 Å². The Morgan fingerprint density at radius 3 is 1.91 bits per heavy atom. The fourth-order valence-electron chi connectivity index (χ4n) is 9.30. The molecule has 1 aliphatic rings. The summed E-state index contributed by atoms with van der Waals surface area (Å²) in [5.74, 6) is 1.04. The van der Waals surface area contributed by atoms with Crippen LogP contribution in [0.15, 0.2) is 176 Å². The number of benzene rings is 7. The molecule has 0 N–H and O–H groups in total. The van der Waals surface area contributed by atoms with Crippen LogP contribution in [0.1, 0.15) is 18.2 Å². The van der Waals surface area contributed by atoms with E-state index in [1.807, 2.05) is 6.07 Å². The van der Waals surface area contributed by atoms with Crippen molar-refractivity contribution in [3.8, 4) is 39.5 Å². The van der Waals surface area contributed by atoms with E-state index in [0.717, 1.165) is 44.8 Å². The zero-order chi connectivity index (χ0) is 38.3. The van der Waals surface area contributed by atoms with Gasteiger partial charge in [0, 0.05) is 65.9 Å². The van der Waals surface area contributed by atoms with Gasteiger partial charge in [0.1, 0.15) is 0 Å².